The molecule has 0 aromatic carbocycles. The van der Waals surface area contributed by atoms with Crippen molar-refractivity contribution in [1.82, 2.24) is 10.2 Å². The van der Waals surface area contributed by atoms with Crippen LogP contribution in [0.25, 0.3) is 0 Å². The molecular weight excluding hydrogens is 339 g/mol. The topological polar surface area (TPSA) is 53.6 Å². The van der Waals surface area contributed by atoms with Gasteiger partial charge in [-0.1, -0.05) is 13.8 Å². The zero-order chi connectivity index (χ0) is 12.5. The highest BCUT2D eigenvalue weighted by atomic mass is 127. The summed E-state index contributed by atoms with van der Waals surface area (Å²) >= 11 is 0. The van der Waals surface area contributed by atoms with Crippen LogP contribution in [0.15, 0.2) is 4.99 Å². The van der Waals surface area contributed by atoms with E-state index < -0.39 is 0 Å². The van der Waals surface area contributed by atoms with Crippen LogP contribution in [0.4, 0.5) is 0 Å². The van der Waals surface area contributed by atoms with Crippen LogP contribution >= 0.6 is 24.0 Å². The SMILES string of the molecule is CCCN=C(N)NCCC1CCN(CC)CC1.I. The first-order valence-corrected chi connectivity index (χ1v) is 7.02. The molecular formula is C13H29IN4. The fourth-order valence-electron chi connectivity index (χ4n) is 2.28. The molecule has 5 heteroatoms. The van der Waals surface area contributed by atoms with Crippen molar-refractivity contribution in [3.63, 3.8) is 0 Å². The molecule has 108 valence electrons. The number of hydrogen-bond acceptors (Lipinski definition) is 2. The maximum absolute atomic E-state index is 5.75. The van der Waals surface area contributed by atoms with Gasteiger partial charge >= 0.3 is 0 Å². The first kappa shape index (κ1) is 18.0. The summed E-state index contributed by atoms with van der Waals surface area (Å²) in [6.45, 7) is 9.87. The van der Waals surface area contributed by atoms with Crippen LogP contribution < -0.4 is 11.1 Å². The number of nitrogens with two attached hydrogens (primary N) is 1. The van der Waals surface area contributed by atoms with E-state index in [1.807, 2.05) is 0 Å². The second kappa shape index (κ2) is 10.8. The minimum atomic E-state index is 0. The average Bonchev–Trinajstić information content (AvgIpc) is 2.37. The van der Waals surface area contributed by atoms with E-state index in [-0.39, 0.29) is 24.0 Å². The van der Waals surface area contributed by atoms with Crippen molar-refractivity contribution in [3.8, 4) is 0 Å². The van der Waals surface area contributed by atoms with Crippen molar-refractivity contribution >= 4 is 29.9 Å². The average molecular weight is 368 g/mol. The van der Waals surface area contributed by atoms with Gasteiger partial charge in [-0.25, -0.2) is 0 Å². The summed E-state index contributed by atoms with van der Waals surface area (Å²) < 4.78 is 0. The number of guanidine groups is 1. The van der Waals surface area contributed by atoms with Crippen LogP contribution in [-0.4, -0.2) is 43.6 Å². The molecule has 4 nitrogen and oxygen atoms in total. The highest BCUT2D eigenvalue weighted by Gasteiger charge is 2.17. The smallest absolute Gasteiger partial charge is 0.188 e. The monoisotopic (exact) mass is 368 g/mol. The van der Waals surface area contributed by atoms with Gasteiger partial charge in [0.15, 0.2) is 5.96 Å². The van der Waals surface area contributed by atoms with Crippen molar-refractivity contribution < 1.29 is 0 Å². The van der Waals surface area contributed by atoms with Gasteiger partial charge in [0.1, 0.15) is 0 Å². The largest absolute Gasteiger partial charge is 0.370 e. The van der Waals surface area contributed by atoms with E-state index in [1.165, 1.54) is 38.9 Å². The Hall–Kier alpha value is -0.0400. The fourth-order valence-corrected chi connectivity index (χ4v) is 2.28. The van der Waals surface area contributed by atoms with Gasteiger partial charge in [0, 0.05) is 13.1 Å². The zero-order valence-corrected chi connectivity index (χ0v) is 14.2. The molecule has 0 saturated carbocycles. The second-order valence-electron chi connectivity index (χ2n) is 4.86. The molecule has 0 aromatic heterocycles. The van der Waals surface area contributed by atoms with Crippen molar-refractivity contribution in [3.05, 3.63) is 0 Å². The minimum Gasteiger partial charge on any atom is -0.370 e. The molecule has 0 amide bonds. The number of aliphatic imine (C=N–C) groups is 1. The Labute approximate surface area is 129 Å². The first-order chi connectivity index (χ1) is 8.26. The molecule has 0 aromatic rings. The molecule has 1 rings (SSSR count). The summed E-state index contributed by atoms with van der Waals surface area (Å²) in [6, 6.07) is 0. The predicted molar refractivity (Wildman–Crippen MR) is 89.7 cm³/mol. The van der Waals surface area contributed by atoms with Gasteiger partial charge in [0.2, 0.25) is 0 Å². The molecule has 0 radical (unpaired) electrons. The zero-order valence-electron chi connectivity index (χ0n) is 11.8. The van der Waals surface area contributed by atoms with Crippen molar-refractivity contribution in [1.29, 1.82) is 0 Å². The molecule has 18 heavy (non-hydrogen) atoms. The molecule has 3 N–H and O–H groups in total. The standard InChI is InChI=1S/C13H28N4.HI/c1-3-8-15-13(14)16-9-5-12-6-10-17(4-2)11-7-12;/h12H,3-11H2,1-2H3,(H3,14,15,16);1H. The fraction of sp³-hybridized carbons (Fsp3) is 0.923. The van der Waals surface area contributed by atoms with Gasteiger partial charge in [-0.3, -0.25) is 4.99 Å². The maximum atomic E-state index is 5.75. The van der Waals surface area contributed by atoms with Gasteiger partial charge in [-0.2, -0.15) is 0 Å². The van der Waals surface area contributed by atoms with Crippen LogP contribution in [0.1, 0.15) is 39.5 Å². The number of likely N-dealkylation sites (tertiary alicyclic amines) is 1. The molecule has 0 atom stereocenters. The minimum absolute atomic E-state index is 0. The molecule has 0 aliphatic carbocycles. The third-order valence-corrected chi connectivity index (χ3v) is 3.52. The van der Waals surface area contributed by atoms with E-state index in [9.17, 15) is 0 Å². The van der Waals surface area contributed by atoms with Crippen LogP contribution in [0.2, 0.25) is 0 Å². The molecule has 0 bridgehead atoms. The number of halogens is 1. The lowest BCUT2D eigenvalue weighted by Gasteiger charge is -2.31. The summed E-state index contributed by atoms with van der Waals surface area (Å²) in [5.74, 6) is 1.47. The van der Waals surface area contributed by atoms with Gasteiger partial charge in [-0.15, -0.1) is 24.0 Å². The van der Waals surface area contributed by atoms with Crippen molar-refractivity contribution in [2.75, 3.05) is 32.7 Å². The Morgan fingerprint density at radius 2 is 2.00 bits per heavy atom. The summed E-state index contributed by atoms with van der Waals surface area (Å²) in [7, 11) is 0. The predicted octanol–water partition coefficient (Wildman–Crippen LogP) is 2.04. The Kier molecular flexibility index (Phi) is 10.8. The molecule has 1 aliphatic heterocycles. The van der Waals surface area contributed by atoms with E-state index in [4.69, 9.17) is 5.73 Å². The molecule has 1 fully saturated rings. The van der Waals surface area contributed by atoms with Gasteiger partial charge < -0.3 is 16.0 Å². The Morgan fingerprint density at radius 1 is 1.33 bits per heavy atom. The van der Waals surface area contributed by atoms with E-state index in [0.717, 1.165) is 25.4 Å². The van der Waals surface area contributed by atoms with Crippen molar-refractivity contribution in [2.24, 2.45) is 16.6 Å². The highest BCUT2D eigenvalue weighted by molar-refractivity contribution is 14.0. The Morgan fingerprint density at radius 3 is 2.56 bits per heavy atom. The highest BCUT2D eigenvalue weighted by Crippen LogP contribution is 2.19. The first-order valence-electron chi connectivity index (χ1n) is 7.02. The summed E-state index contributed by atoms with van der Waals surface area (Å²) in [6.07, 6.45) is 4.95. The summed E-state index contributed by atoms with van der Waals surface area (Å²) in [5, 5.41) is 3.20. The number of nitrogens with zero attached hydrogens (tertiary/aromatic N) is 2. The van der Waals surface area contributed by atoms with E-state index in [1.54, 1.807) is 0 Å². The van der Waals surface area contributed by atoms with Crippen LogP contribution in [0.3, 0.4) is 0 Å². The van der Waals surface area contributed by atoms with Crippen LogP contribution in [0.5, 0.6) is 0 Å². The summed E-state index contributed by atoms with van der Waals surface area (Å²) in [4.78, 5) is 6.75. The number of nitrogens with one attached hydrogen (secondary N) is 1. The number of hydrogen-bond donors (Lipinski definition) is 2. The van der Waals surface area contributed by atoms with Gasteiger partial charge in [-0.05, 0) is 51.2 Å². The third-order valence-electron chi connectivity index (χ3n) is 3.52. The van der Waals surface area contributed by atoms with Crippen LogP contribution in [-0.2, 0) is 0 Å². The molecule has 0 spiro atoms. The normalized spacial score (nSPS) is 18.4. The van der Waals surface area contributed by atoms with E-state index in [2.05, 4.69) is 29.1 Å². The Bertz CT molecular complexity index is 225. The van der Waals surface area contributed by atoms with Gasteiger partial charge in [0.25, 0.3) is 0 Å². The lowest BCUT2D eigenvalue weighted by Crippen LogP contribution is -2.36. The maximum Gasteiger partial charge on any atom is 0.188 e. The number of piperidine rings is 1. The van der Waals surface area contributed by atoms with Gasteiger partial charge in [0.05, 0.1) is 0 Å². The lowest BCUT2D eigenvalue weighted by molar-refractivity contribution is 0.187. The Balaban J connectivity index is 0.00000289. The quantitative estimate of drug-likeness (QED) is 0.429. The third kappa shape index (κ3) is 7.41. The number of rotatable bonds is 6. The van der Waals surface area contributed by atoms with Crippen LogP contribution in [0, 0.1) is 5.92 Å². The second-order valence-corrected chi connectivity index (χ2v) is 4.86. The van der Waals surface area contributed by atoms with Crippen molar-refractivity contribution in [2.45, 2.75) is 39.5 Å². The van der Waals surface area contributed by atoms with E-state index >= 15 is 0 Å². The molecule has 1 saturated heterocycles. The molecule has 1 heterocycles. The molecule has 1 aliphatic rings. The van der Waals surface area contributed by atoms with E-state index in [0.29, 0.717) is 5.96 Å². The lowest BCUT2D eigenvalue weighted by atomic mass is 9.93. The summed E-state index contributed by atoms with van der Waals surface area (Å²) in [5.41, 5.74) is 5.75. The molecule has 0 unspecified atom stereocenters.